The average Bonchev–Trinajstić information content (AvgIpc) is 3.09. The number of ketones is 1. The fourth-order valence-electron chi connectivity index (χ4n) is 4.18. The molecule has 1 atom stereocenters. The largest absolute Gasteiger partial charge is 0.507 e. The van der Waals surface area contributed by atoms with Crippen molar-refractivity contribution in [2.75, 3.05) is 33.3 Å². The lowest BCUT2D eigenvalue weighted by atomic mass is 9.95. The van der Waals surface area contributed by atoms with E-state index in [0.717, 1.165) is 18.7 Å². The molecule has 1 fully saturated rings. The van der Waals surface area contributed by atoms with Gasteiger partial charge in [0, 0.05) is 18.7 Å². The Hall–Kier alpha value is -3.32. The second kappa shape index (κ2) is 11.2. The smallest absolute Gasteiger partial charge is 0.295 e. The SMILES string of the molecule is CCN(CC)CCN1C(=O)C(=O)/C(=C(\O)c2cccc(OC(C)C)c2)C1c1ccc(OC)cc1. The maximum absolute atomic E-state index is 13.2. The molecule has 2 aromatic carbocycles. The number of carbonyl (C=O) groups is 2. The van der Waals surface area contributed by atoms with Gasteiger partial charge < -0.3 is 24.4 Å². The number of nitrogens with zero attached hydrogens (tertiary/aromatic N) is 2. The van der Waals surface area contributed by atoms with Crippen molar-refractivity contribution in [2.45, 2.75) is 39.8 Å². The van der Waals surface area contributed by atoms with Gasteiger partial charge in [0.2, 0.25) is 0 Å². The van der Waals surface area contributed by atoms with E-state index in [9.17, 15) is 14.7 Å². The number of likely N-dealkylation sites (tertiary alicyclic amines) is 1. The zero-order chi connectivity index (χ0) is 24.8. The number of hydrogen-bond acceptors (Lipinski definition) is 6. The number of rotatable bonds is 10. The van der Waals surface area contributed by atoms with Crippen molar-refractivity contribution < 1.29 is 24.2 Å². The molecule has 7 nitrogen and oxygen atoms in total. The molecule has 0 bridgehead atoms. The highest BCUT2D eigenvalue weighted by atomic mass is 16.5. The first-order chi connectivity index (χ1) is 16.3. The van der Waals surface area contributed by atoms with Gasteiger partial charge in [-0.2, -0.15) is 0 Å². The van der Waals surface area contributed by atoms with Gasteiger partial charge in [0.05, 0.1) is 24.8 Å². The van der Waals surface area contributed by atoms with Crippen molar-refractivity contribution in [1.29, 1.82) is 0 Å². The van der Waals surface area contributed by atoms with E-state index < -0.39 is 17.7 Å². The van der Waals surface area contributed by atoms with Gasteiger partial charge in [0.25, 0.3) is 11.7 Å². The maximum Gasteiger partial charge on any atom is 0.295 e. The van der Waals surface area contributed by atoms with Gasteiger partial charge in [0.15, 0.2) is 0 Å². The summed E-state index contributed by atoms with van der Waals surface area (Å²) in [6.07, 6.45) is -0.0395. The molecule has 2 aromatic rings. The molecule has 7 heteroatoms. The number of benzene rings is 2. The molecular weight excluding hydrogens is 432 g/mol. The summed E-state index contributed by atoms with van der Waals surface area (Å²) in [6.45, 7) is 10.6. The second-order valence-electron chi connectivity index (χ2n) is 8.49. The van der Waals surface area contributed by atoms with Gasteiger partial charge >= 0.3 is 0 Å². The molecule has 0 aromatic heterocycles. The van der Waals surface area contributed by atoms with Gasteiger partial charge in [-0.3, -0.25) is 9.59 Å². The first-order valence-corrected chi connectivity index (χ1v) is 11.7. The van der Waals surface area contributed by atoms with Crippen LogP contribution in [0, 0.1) is 0 Å². The van der Waals surface area contributed by atoms with E-state index in [0.29, 0.717) is 30.2 Å². The van der Waals surface area contributed by atoms with E-state index in [1.807, 2.05) is 26.0 Å². The standard InChI is InChI=1S/C27H34N2O5/c1-6-28(7-2)15-16-29-24(19-11-13-21(33-5)14-12-19)23(26(31)27(29)32)25(30)20-9-8-10-22(17-20)34-18(3)4/h8-14,17-18,24,30H,6-7,15-16H2,1-5H3/b25-23-. The summed E-state index contributed by atoms with van der Waals surface area (Å²) in [6, 6.07) is 13.5. The van der Waals surface area contributed by atoms with E-state index in [4.69, 9.17) is 9.47 Å². The summed E-state index contributed by atoms with van der Waals surface area (Å²) >= 11 is 0. The van der Waals surface area contributed by atoms with Crippen LogP contribution in [-0.4, -0.2) is 66.0 Å². The lowest BCUT2D eigenvalue weighted by molar-refractivity contribution is -0.140. The number of methoxy groups -OCH3 is 1. The summed E-state index contributed by atoms with van der Waals surface area (Å²) in [5, 5.41) is 11.3. The quantitative estimate of drug-likeness (QED) is 0.320. The van der Waals surface area contributed by atoms with Crippen molar-refractivity contribution in [3.63, 3.8) is 0 Å². The van der Waals surface area contributed by atoms with Crippen LogP contribution in [-0.2, 0) is 9.59 Å². The topological polar surface area (TPSA) is 79.3 Å². The molecule has 34 heavy (non-hydrogen) atoms. The number of aliphatic hydroxyl groups excluding tert-OH is 1. The Morgan fingerprint density at radius 3 is 2.32 bits per heavy atom. The summed E-state index contributed by atoms with van der Waals surface area (Å²) < 4.78 is 11.0. The number of carbonyl (C=O) groups excluding carboxylic acids is 2. The van der Waals surface area contributed by atoms with Crippen molar-refractivity contribution in [3.8, 4) is 11.5 Å². The number of aliphatic hydroxyl groups is 1. The van der Waals surface area contributed by atoms with Crippen LogP contribution in [0.2, 0.25) is 0 Å². The molecule has 0 aliphatic carbocycles. The van der Waals surface area contributed by atoms with Crippen LogP contribution in [0.5, 0.6) is 11.5 Å². The Kier molecular flexibility index (Phi) is 8.34. The minimum absolute atomic E-state index is 0.0395. The molecule has 3 rings (SSSR count). The Balaban J connectivity index is 2.08. The van der Waals surface area contributed by atoms with Gasteiger partial charge in [-0.25, -0.2) is 0 Å². The van der Waals surface area contributed by atoms with E-state index >= 15 is 0 Å². The van der Waals surface area contributed by atoms with E-state index in [1.54, 1.807) is 48.4 Å². The Labute approximate surface area is 201 Å². The van der Waals surface area contributed by atoms with Gasteiger partial charge in [0.1, 0.15) is 17.3 Å². The average molecular weight is 467 g/mol. The van der Waals surface area contributed by atoms with Crippen LogP contribution in [0.15, 0.2) is 54.1 Å². The predicted molar refractivity (Wildman–Crippen MR) is 132 cm³/mol. The lowest BCUT2D eigenvalue weighted by Gasteiger charge is -2.28. The number of Topliss-reactive ketones (excluding diaryl/α,β-unsaturated/α-hetero) is 1. The molecule has 1 saturated heterocycles. The summed E-state index contributed by atoms with van der Waals surface area (Å²) in [7, 11) is 1.58. The minimum Gasteiger partial charge on any atom is -0.507 e. The third kappa shape index (κ3) is 5.42. The molecule has 1 unspecified atom stereocenters. The Bertz CT molecular complexity index is 1040. The lowest BCUT2D eigenvalue weighted by Crippen LogP contribution is -2.38. The maximum atomic E-state index is 13.2. The molecule has 0 spiro atoms. The van der Waals surface area contributed by atoms with Gasteiger partial charge in [-0.05, 0) is 56.8 Å². The zero-order valence-electron chi connectivity index (χ0n) is 20.6. The first-order valence-electron chi connectivity index (χ1n) is 11.7. The minimum atomic E-state index is -0.698. The fraction of sp³-hybridized carbons (Fsp3) is 0.407. The number of ether oxygens (including phenoxy) is 2. The molecule has 182 valence electrons. The highest BCUT2D eigenvalue weighted by molar-refractivity contribution is 6.46. The second-order valence-corrected chi connectivity index (χ2v) is 8.49. The third-order valence-electron chi connectivity index (χ3n) is 6.00. The van der Waals surface area contributed by atoms with Gasteiger partial charge in [-0.15, -0.1) is 0 Å². The van der Waals surface area contributed by atoms with Crippen LogP contribution in [0.3, 0.4) is 0 Å². The molecule has 1 amide bonds. The number of hydrogen-bond donors (Lipinski definition) is 1. The highest BCUT2D eigenvalue weighted by Crippen LogP contribution is 2.40. The van der Waals surface area contributed by atoms with Crippen LogP contribution in [0.25, 0.3) is 5.76 Å². The number of amides is 1. The van der Waals surface area contributed by atoms with Crippen LogP contribution >= 0.6 is 0 Å². The van der Waals surface area contributed by atoms with Crippen LogP contribution in [0.4, 0.5) is 0 Å². The van der Waals surface area contributed by atoms with Crippen molar-refractivity contribution in [3.05, 3.63) is 65.2 Å². The van der Waals surface area contributed by atoms with Crippen molar-refractivity contribution in [2.24, 2.45) is 0 Å². The monoisotopic (exact) mass is 466 g/mol. The first kappa shape index (κ1) is 25.3. The van der Waals surface area contributed by atoms with E-state index in [1.165, 1.54) is 0 Å². The van der Waals surface area contributed by atoms with E-state index in [-0.39, 0.29) is 17.4 Å². The summed E-state index contributed by atoms with van der Waals surface area (Å²) in [5.74, 6) is -0.256. The normalized spacial score (nSPS) is 17.6. The van der Waals surface area contributed by atoms with Crippen LogP contribution < -0.4 is 9.47 Å². The molecule has 1 aliphatic heterocycles. The third-order valence-corrected chi connectivity index (χ3v) is 6.00. The zero-order valence-corrected chi connectivity index (χ0v) is 20.6. The Morgan fingerprint density at radius 2 is 1.74 bits per heavy atom. The Morgan fingerprint density at radius 1 is 1.06 bits per heavy atom. The molecule has 0 radical (unpaired) electrons. The van der Waals surface area contributed by atoms with Crippen LogP contribution in [0.1, 0.15) is 44.9 Å². The van der Waals surface area contributed by atoms with E-state index in [2.05, 4.69) is 18.7 Å². The molecule has 1 aliphatic rings. The molecule has 0 saturated carbocycles. The summed E-state index contributed by atoms with van der Waals surface area (Å²) in [4.78, 5) is 30.1. The van der Waals surface area contributed by atoms with Gasteiger partial charge in [-0.1, -0.05) is 38.1 Å². The van der Waals surface area contributed by atoms with Crippen molar-refractivity contribution >= 4 is 17.4 Å². The number of likely N-dealkylation sites (N-methyl/N-ethyl adjacent to an activating group) is 1. The summed E-state index contributed by atoms with van der Waals surface area (Å²) in [5.41, 5.74) is 1.24. The fourth-order valence-corrected chi connectivity index (χ4v) is 4.18. The van der Waals surface area contributed by atoms with Crippen molar-refractivity contribution in [1.82, 2.24) is 9.80 Å². The molecular formula is C27H34N2O5. The molecule has 1 heterocycles. The highest BCUT2D eigenvalue weighted by Gasteiger charge is 2.46. The predicted octanol–water partition coefficient (Wildman–Crippen LogP) is 4.25. The molecule has 1 N–H and O–H groups in total.